The zero-order chi connectivity index (χ0) is 9.10. The molecule has 13 heavy (non-hydrogen) atoms. The van der Waals surface area contributed by atoms with Crippen LogP contribution < -0.4 is 10.6 Å². The van der Waals surface area contributed by atoms with Gasteiger partial charge in [-0.15, -0.1) is 0 Å². The minimum atomic E-state index is 0.962. The Bertz CT molecular complexity index is 311. The van der Waals surface area contributed by atoms with Crippen LogP contribution in [0.2, 0.25) is 0 Å². The molecule has 0 saturated carbocycles. The fourth-order valence-corrected chi connectivity index (χ4v) is 1.27. The van der Waals surface area contributed by atoms with E-state index in [9.17, 15) is 0 Å². The van der Waals surface area contributed by atoms with Crippen molar-refractivity contribution in [2.45, 2.75) is 13.5 Å². The van der Waals surface area contributed by atoms with Crippen LogP contribution in [0.15, 0.2) is 30.5 Å². The highest BCUT2D eigenvalue weighted by atomic mass is 15.0. The first-order valence-electron chi connectivity index (χ1n) is 4.67. The maximum Gasteiger partial charge on any atom is 0.0616 e. The molecule has 0 aliphatic carbocycles. The molecule has 1 aliphatic rings. The molecule has 0 saturated heterocycles. The number of hydrogen-bond donors (Lipinski definition) is 2. The molecule has 0 amide bonds. The molecule has 2 nitrogen and oxygen atoms in total. The first kappa shape index (κ1) is 8.32. The van der Waals surface area contributed by atoms with Crippen LogP contribution >= 0.6 is 0 Å². The standard InChI is InChI=1S/C11H14N2/c1-2-12-7-9-3-5-10(6-4-9)11-8-13-11/h3-6,8,12-13H,2,7H2,1H3. The van der Waals surface area contributed by atoms with Gasteiger partial charge < -0.3 is 10.6 Å². The second-order valence-electron chi connectivity index (χ2n) is 3.18. The van der Waals surface area contributed by atoms with E-state index in [0.717, 1.165) is 13.1 Å². The highest BCUT2D eigenvalue weighted by Crippen LogP contribution is 2.18. The second kappa shape index (κ2) is 3.62. The number of benzene rings is 1. The van der Waals surface area contributed by atoms with E-state index in [1.54, 1.807) is 0 Å². The van der Waals surface area contributed by atoms with Gasteiger partial charge in [0, 0.05) is 12.7 Å². The molecule has 1 aromatic rings. The molecule has 0 atom stereocenters. The zero-order valence-electron chi connectivity index (χ0n) is 7.80. The third-order valence-corrected chi connectivity index (χ3v) is 2.13. The first-order valence-corrected chi connectivity index (χ1v) is 4.67. The van der Waals surface area contributed by atoms with Gasteiger partial charge in [-0.3, -0.25) is 0 Å². The highest BCUT2D eigenvalue weighted by Gasteiger charge is 2.07. The monoisotopic (exact) mass is 174 g/mol. The second-order valence-corrected chi connectivity index (χ2v) is 3.18. The summed E-state index contributed by atoms with van der Waals surface area (Å²) in [4.78, 5) is 0. The van der Waals surface area contributed by atoms with Crippen molar-refractivity contribution in [3.8, 4) is 0 Å². The average molecular weight is 174 g/mol. The van der Waals surface area contributed by atoms with E-state index in [-0.39, 0.29) is 0 Å². The summed E-state index contributed by atoms with van der Waals surface area (Å²) in [5.41, 5.74) is 3.86. The maximum absolute atomic E-state index is 3.30. The molecule has 1 aromatic carbocycles. The van der Waals surface area contributed by atoms with Crippen molar-refractivity contribution in [1.29, 1.82) is 0 Å². The summed E-state index contributed by atoms with van der Waals surface area (Å²) in [7, 11) is 0. The van der Waals surface area contributed by atoms with Crippen molar-refractivity contribution in [3.63, 3.8) is 0 Å². The smallest absolute Gasteiger partial charge is 0.0616 e. The molecular weight excluding hydrogens is 160 g/mol. The van der Waals surface area contributed by atoms with E-state index in [2.05, 4.69) is 41.8 Å². The third-order valence-electron chi connectivity index (χ3n) is 2.13. The Hall–Kier alpha value is -1.28. The lowest BCUT2D eigenvalue weighted by atomic mass is 10.1. The van der Waals surface area contributed by atoms with E-state index in [4.69, 9.17) is 0 Å². The summed E-state index contributed by atoms with van der Waals surface area (Å²) in [5, 5.41) is 6.39. The van der Waals surface area contributed by atoms with Crippen LogP contribution in [0.3, 0.4) is 0 Å². The molecule has 0 spiro atoms. The van der Waals surface area contributed by atoms with Gasteiger partial charge >= 0.3 is 0 Å². The summed E-state index contributed by atoms with van der Waals surface area (Å²) in [5.74, 6) is 0. The van der Waals surface area contributed by atoms with Gasteiger partial charge in [0.25, 0.3) is 0 Å². The SMILES string of the molecule is CCNCc1ccc(C2=CN2)cc1. The van der Waals surface area contributed by atoms with E-state index < -0.39 is 0 Å². The van der Waals surface area contributed by atoms with E-state index in [0.29, 0.717) is 0 Å². The Morgan fingerprint density at radius 3 is 2.46 bits per heavy atom. The van der Waals surface area contributed by atoms with Gasteiger partial charge in [-0.2, -0.15) is 0 Å². The normalized spacial score (nSPS) is 13.5. The lowest BCUT2D eigenvalue weighted by molar-refractivity contribution is 0.727. The molecule has 1 heterocycles. The number of nitrogens with one attached hydrogen (secondary N) is 2. The average Bonchev–Trinajstić information content (AvgIpc) is 2.99. The third kappa shape index (κ3) is 2.10. The molecular formula is C11H14N2. The van der Waals surface area contributed by atoms with E-state index >= 15 is 0 Å². The molecule has 2 heteroatoms. The summed E-state index contributed by atoms with van der Waals surface area (Å²) in [6, 6.07) is 8.63. The van der Waals surface area contributed by atoms with Crippen molar-refractivity contribution in [1.82, 2.24) is 10.6 Å². The molecule has 0 bridgehead atoms. The summed E-state index contributed by atoms with van der Waals surface area (Å²) in [6.07, 6.45) is 2.01. The lowest BCUT2D eigenvalue weighted by Crippen LogP contribution is -2.11. The topological polar surface area (TPSA) is 34.0 Å². The molecule has 1 aliphatic heterocycles. The van der Waals surface area contributed by atoms with Crippen LogP contribution in [0.25, 0.3) is 5.70 Å². The Labute approximate surface area is 78.7 Å². The molecule has 0 unspecified atom stereocenters. The van der Waals surface area contributed by atoms with Crippen LogP contribution in [0, 0.1) is 0 Å². The van der Waals surface area contributed by atoms with Gasteiger partial charge in [0.05, 0.1) is 5.70 Å². The van der Waals surface area contributed by atoms with Gasteiger partial charge in [-0.1, -0.05) is 31.2 Å². The summed E-state index contributed by atoms with van der Waals surface area (Å²) < 4.78 is 0. The van der Waals surface area contributed by atoms with Crippen LogP contribution in [-0.2, 0) is 6.54 Å². The fourth-order valence-electron chi connectivity index (χ4n) is 1.27. The van der Waals surface area contributed by atoms with Crippen LogP contribution in [0.1, 0.15) is 18.1 Å². The van der Waals surface area contributed by atoms with Crippen molar-refractivity contribution in [2.24, 2.45) is 0 Å². The summed E-state index contributed by atoms with van der Waals surface area (Å²) in [6.45, 7) is 4.10. The van der Waals surface area contributed by atoms with E-state index in [1.165, 1.54) is 16.8 Å². The number of hydrogen-bond acceptors (Lipinski definition) is 2. The van der Waals surface area contributed by atoms with Crippen LogP contribution in [0.5, 0.6) is 0 Å². The maximum atomic E-state index is 3.30. The van der Waals surface area contributed by atoms with Crippen molar-refractivity contribution < 1.29 is 0 Å². The Morgan fingerprint density at radius 2 is 1.92 bits per heavy atom. The summed E-state index contributed by atoms with van der Waals surface area (Å²) >= 11 is 0. The van der Waals surface area contributed by atoms with Gasteiger partial charge in [0.2, 0.25) is 0 Å². The van der Waals surface area contributed by atoms with Crippen LogP contribution in [-0.4, -0.2) is 6.54 Å². The fraction of sp³-hybridized carbons (Fsp3) is 0.273. The van der Waals surface area contributed by atoms with Crippen molar-refractivity contribution >= 4 is 5.70 Å². The van der Waals surface area contributed by atoms with Gasteiger partial charge in [-0.05, 0) is 17.7 Å². The molecule has 2 N–H and O–H groups in total. The van der Waals surface area contributed by atoms with Crippen molar-refractivity contribution in [2.75, 3.05) is 6.54 Å². The Balaban J connectivity index is 2.01. The van der Waals surface area contributed by atoms with Crippen molar-refractivity contribution in [3.05, 3.63) is 41.6 Å². The Kier molecular flexibility index (Phi) is 2.32. The molecule has 0 aromatic heterocycles. The quantitative estimate of drug-likeness (QED) is 0.728. The molecule has 0 radical (unpaired) electrons. The van der Waals surface area contributed by atoms with Gasteiger partial charge in [0.1, 0.15) is 0 Å². The largest absolute Gasteiger partial charge is 0.358 e. The Morgan fingerprint density at radius 1 is 1.23 bits per heavy atom. The lowest BCUT2D eigenvalue weighted by Gasteiger charge is -2.02. The number of rotatable bonds is 4. The molecule has 68 valence electrons. The zero-order valence-corrected chi connectivity index (χ0v) is 7.80. The minimum absolute atomic E-state index is 0.962. The van der Waals surface area contributed by atoms with E-state index in [1.807, 2.05) is 6.20 Å². The van der Waals surface area contributed by atoms with Crippen LogP contribution in [0.4, 0.5) is 0 Å². The predicted molar refractivity (Wildman–Crippen MR) is 54.9 cm³/mol. The minimum Gasteiger partial charge on any atom is -0.358 e. The van der Waals surface area contributed by atoms with Gasteiger partial charge in [-0.25, -0.2) is 0 Å². The molecule has 2 rings (SSSR count). The first-order chi connectivity index (χ1) is 6.40. The predicted octanol–water partition coefficient (Wildman–Crippen LogP) is 1.70. The van der Waals surface area contributed by atoms with Gasteiger partial charge in [0.15, 0.2) is 0 Å². The molecule has 0 fully saturated rings. The highest BCUT2D eigenvalue weighted by molar-refractivity contribution is 5.74.